The molecule has 0 saturated heterocycles. The summed E-state index contributed by atoms with van der Waals surface area (Å²) in [7, 11) is 1.74. The van der Waals surface area contributed by atoms with E-state index in [0.29, 0.717) is 34.4 Å². The molecule has 1 atom stereocenters. The van der Waals surface area contributed by atoms with E-state index >= 15 is 4.39 Å². The minimum Gasteiger partial charge on any atom is -0.310 e. The fourth-order valence-electron chi connectivity index (χ4n) is 4.87. The lowest BCUT2D eigenvalue weighted by molar-refractivity contribution is 0.536. The number of rotatable bonds is 3. The smallest absolute Gasteiger partial charge is 0.310 e. The number of nitrogens with zero attached hydrogens (tertiary/aromatic N) is 6. The molecule has 1 N–H and O–H groups in total. The maximum Gasteiger partial charge on any atom is 0.338 e. The zero-order chi connectivity index (χ0) is 24.4. The second kappa shape index (κ2) is 7.74. The van der Waals surface area contributed by atoms with Crippen LogP contribution in [0.15, 0.2) is 53.7 Å². The van der Waals surface area contributed by atoms with Gasteiger partial charge in [0.25, 0.3) is 0 Å². The summed E-state index contributed by atoms with van der Waals surface area (Å²) < 4.78 is 35.4. The molecule has 1 aliphatic heterocycles. The Kier molecular flexibility index (Phi) is 4.75. The Balaban J connectivity index is 1.58. The highest BCUT2D eigenvalue weighted by Crippen LogP contribution is 2.31. The summed E-state index contributed by atoms with van der Waals surface area (Å²) in [4.78, 5) is 13.7. The van der Waals surface area contributed by atoms with E-state index in [-0.39, 0.29) is 17.5 Å². The molecule has 8 nitrogen and oxygen atoms in total. The van der Waals surface area contributed by atoms with Crippen LogP contribution in [0.5, 0.6) is 0 Å². The lowest BCUT2D eigenvalue weighted by Crippen LogP contribution is -2.30. The molecular weight excluding hydrogens is 452 g/mol. The number of aryl methyl sites for hydroxylation is 2. The van der Waals surface area contributed by atoms with Gasteiger partial charge in [0, 0.05) is 44.0 Å². The van der Waals surface area contributed by atoms with Crippen molar-refractivity contribution in [1.82, 2.24) is 34.0 Å². The first-order chi connectivity index (χ1) is 16.8. The molecule has 0 spiro atoms. The third kappa shape index (κ3) is 3.17. The van der Waals surface area contributed by atoms with Gasteiger partial charge < -0.3 is 5.32 Å². The van der Waals surface area contributed by atoms with Gasteiger partial charge in [0.05, 0.1) is 34.2 Å². The Morgan fingerprint density at radius 3 is 2.71 bits per heavy atom. The number of hydrogen-bond donors (Lipinski definition) is 1. The van der Waals surface area contributed by atoms with E-state index in [1.807, 2.05) is 6.92 Å². The van der Waals surface area contributed by atoms with Crippen molar-refractivity contribution in [3.05, 3.63) is 87.9 Å². The average Bonchev–Trinajstić information content (AvgIpc) is 3.52. The summed E-state index contributed by atoms with van der Waals surface area (Å²) >= 11 is 0. The molecule has 178 valence electrons. The molecule has 35 heavy (non-hydrogen) atoms. The van der Waals surface area contributed by atoms with Gasteiger partial charge in [-0.1, -0.05) is 0 Å². The summed E-state index contributed by atoms with van der Waals surface area (Å²) in [5.41, 5.74) is 3.22. The number of imidazole rings is 1. The topological polar surface area (TPSA) is 74.6 Å². The van der Waals surface area contributed by atoms with Crippen LogP contribution >= 0.6 is 0 Å². The van der Waals surface area contributed by atoms with Crippen LogP contribution in [0.3, 0.4) is 0 Å². The van der Waals surface area contributed by atoms with Crippen molar-refractivity contribution in [2.24, 2.45) is 7.05 Å². The van der Waals surface area contributed by atoms with Crippen molar-refractivity contribution in [2.45, 2.75) is 26.3 Å². The number of nitrogens with one attached hydrogen (secondary N) is 1. The predicted octanol–water partition coefficient (Wildman–Crippen LogP) is 3.49. The third-order valence-corrected chi connectivity index (χ3v) is 6.71. The van der Waals surface area contributed by atoms with E-state index in [4.69, 9.17) is 5.10 Å². The zero-order valence-corrected chi connectivity index (χ0v) is 19.5. The summed E-state index contributed by atoms with van der Waals surface area (Å²) in [6.45, 7) is 4.47. The van der Waals surface area contributed by atoms with Crippen LogP contribution in [-0.2, 0) is 13.5 Å². The first kappa shape index (κ1) is 21.5. The van der Waals surface area contributed by atoms with Crippen LogP contribution in [0.2, 0.25) is 0 Å². The Labute approximate surface area is 199 Å². The highest BCUT2D eigenvalue weighted by Gasteiger charge is 2.29. The summed E-state index contributed by atoms with van der Waals surface area (Å²) in [6.07, 6.45) is 5.30. The van der Waals surface area contributed by atoms with Crippen molar-refractivity contribution in [3.63, 3.8) is 0 Å². The van der Waals surface area contributed by atoms with E-state index in [9.17, 15) is 9.18 Å². The molecule has 0 radical (unpaired) electrons. The van der Waals surface area contributed by atoms with Crippen molar-refractivity contribution in [3.8, 4) is 17.2 Å². The lowest BCUT2D eigenvalue weighted by Gasteiger charge is -2.21. The van der Waals surface area contributed by atoms with Crippen LogP contribution < -0.4 is 11.0 Å². The van der Waals surface area contributed by atoms with Crippen molar-refractivity contribution in [2.75, 3.05) is 6.54 Å². The Bertz CT molecular complexity index is 1670. The quantitative estimate of drug-likeness (QED) is 0.434. The minimum absolute atomic E-state index is 0.0530. The number of aromatic nitrogens is 6. The van der Waals surface area contributed by atoms with Gasteiger partial charge in [0.15, 0.2) is 5.82 Å². The van der Waals surface area contributed by atoms with Gasteiger partial charge in [-0.2, -0.15) is 10.2 Å². The number of halogens is 2. The summed E-state index contributed by atoms with van der Waals surface area (Å²) in [5.74, 6) is -0.278. The lowest BCUT2D eigenvalue weighted by atomic mass is 10.0. The molecule has 0 amide bonds. The number of fused-ring (bicyclic) bond motifs is 2. The standard InChI is InChI=1S/C25H23F2N7O/c1-14-12-16(4-5-18(14)26)34-24(22-15(2)28-9-8-19(22)30-34)33-11-10-32(25(33)35)21-7-6-20-17(23(21)27)13-29-31(20)3/h4-7,10-13,15,28H,8-9H2,1-3H3/t15-/m0/s1. The van der Waals surface area contributed by atoms with E-state index in [1.165, 1.54) is 21.4 Å². The van der Waals surface area contributed by atoms with E-state index < -0.39 is 11.5 Å². The molecule has 10 heteroatoms. The molecule has 1 aliphatic rings. The monoisotopic (exact) mass is 475 g/mol. The zero-order valence-electron chi connectivity index (χ0n) is 19.5. The van der Waals surface area contributed by atoms with Crippen LogP contribution in [0, 0.1) is 18.6 Å². The molecule has 0 aliphatic carbocycles. The van der Waals surface area contributed by atoms with Crippen molar-refractivity contribution >= 4 is 10.9 Å². The average molecular weight is 476 g/mol. The second-order valence-corrected chi connectivity index (χ2v) is 8.88. The molecule has 0 unspecified atom stereocenters. The molecular formula is C25H23F2N7O. The van der Waals surface area contributed by atoms with Crippen molar-refractivity contribution in [1.29, 1.82) is 0 Å². The van der Waals surface area contributed by atoms with Gasteiger partial charge in [-0.3, -0.25) is 13.8 Å². The van der Waals surface area contributed by atoms with Gasteiger partial charge in [0.1, 0.15) is 11.6 Å². The Hall–Kier alpha value is -4.05. The fourth-order valence-corrected chi connectivity index (χ4v) is 4.87. The maximum absolute atomic E-state index is 15.4. The third-order valence-electron chi connectivity index (χ3n) is 6.71. The number of hydrogen-bond acceptors (Lipinski definition) is 4. The predicted molar refractivity (Wildman–Crippen MR) is 128 cm³/mol. The van der Waals surface area contributed by atoms with Gasteiger partial charge in [0.2, 0.25) is 0 Å². The van der Waals surface area contributed by atoms with Crippen molar-refractivity contribution < 1.29 is 8.78 Å². The van der Waals surface area contributed by atoms with E-state index in [0.717, 1.165) is 17.8 Å². The van der Waals surface area contributed by atoms with Crippen LogP contribution in [0.1, 0.15) is 29.8 Å². The fraction of sp³-hybridized carbons (Fsp3) is 0.240. The largest absolute Gasteiger partial charge is 0.338 e. The SMILES string of the molecule is Cc1cc(-n2nc3c(c2-n2ccn(-c4ccc5c(cnn5C)c4F)c2=O)[C@H](C)NCC3)ccc1F. The molecule has 4 heterocycles. The molecule has 0 saturated carbocycles. The molecule has 2 aromatic carbocycles. The molecule has 0 bridgehead atoms. The number of benzene rings is 2. The van der Waals surface area contributed by atoms with Gasteiger partial charge in [-0.05, 0) is 49.7 Å². The van der Waals surface area contributed by atoms with Crippen LogP contribution in [-0.4, -0.2) is 35.2 Å². The highest BCUT2D eigenvalue weighted by atomic mass is 19.1. The molecule has 6 rings (SSSR count). The normalized spacial score (nSPS) is 15.6. The minimum atomic E-state index is -0.518. The molecule has 5 aromatic rings. The first-order valence-electron chi connectivity index (χ1n) is 11.4. The second-order valence-electron chi connectivity index (χ2n) is 8.88. The van der Waals surface area contributed by atoms with Gasteiger partial charge >= 0.3 is 5.69 Å². The van der Waals surface area contributed by atoms with Crippen LogP contribution in [0.25, 0.3) is 28.1 Å². The summed E-state index contributed by atoms with van der Waals surface area (Å²) in [5, 5.41) is 12.7. The first-order valence-corrected chi connectivity index (χ1v) is 11.4. The van der Waals surface area contributed by atoms with Crippen LogP contribution in [0.4, 0.5) is 8.78 Å². The summed E-state index contributed by atoms with van der Waals surface area (Å²) in [6, 6.07) is 7.99. The van der Waals surface area contributed by atoms with Gasteiger partial charge in [-0.25, -0.2) is 18.3 Å². The highest BCUT2D eigenvalue weighted by molar-refractivity contribution is 5.81. The van der Waals surface area contributed by atoms with E-state index in [1.54, 1.807) is 60.0 Å². The van der Waals surface area contributed by atoms with Gasteiger partial charge in [-0.15, -0.1) is 0 Å². The Morgan fingerprint density at radius 1 is 1.11 bits per heavy atom. The molecule has 0 fully saturated rings. The van der Waals surface area contributed by atoms with E-state index in [2.05, 4.69) is 10.4 Å². The molecule has 3 aromatic heterocycles. The Morgan fingerprint density at radius 2 is 1.91 bits per heavy atom. The maximum atomic E-state index is 15.4.